The number of hydrogen-bond acceptors (Lipinski definition) is 4. The highest BCUT2D eigenvalue weighted by Crippen LogP contribution is 2.45. The lowest BCUT2D eigenvalue weighted by atomic mass is 10.00. The van der Waals surface area contributed by atoms with Crippen molar-refractivity contribution in [2.24, 2.45) is 0 Å². The summed E-state index contributed by atoms with van der Waals surface area (Å²) in [5.74, 6) is 0. The van der Waals surface area contributed by atoms with Crippen LogP contribution in [0, 0.1) is 0 Å². The molecule has 114 valence electrons. The number of benzene rings is 1. The van der Waals surface area contributed by atoms with E-state index in [1.165, 1.54) is 0 Å². The summed E-state index contributed by atoms with van der Waals surface area (Å²) in [6, 6.07) is 7.34. The van der Waals surface area contributed by atoms with Gasteiger partial charge >= 0.3 is 0 Å². The second-order valence-electron chi connectivity index (χ2n) is 6.10. The molecule has 3 saturated heterocycles. The lowest BCUT2D eigenvalue weighted by Gasteiger charge is -2.32. The van der Waals surface area contributed by atoms with Gasteiger partial charge in [0.15, 0.2) is 0 Å². The average Bonchev–Trinajstić information content (AvgIpc) is 2.78. The minimum absolute atomic E-state index is 0.0341. The minimum Gasteiger partial charge on any atom is -0.366 e. The Bertz CT molecular complexity index is 681. The molecule has 0 aromatic heterocycles. The molecule has 3 aliphatic heterocycles. The van der Waals surface area contributed by atoms with Crippen LogP contribution in [0.15, 0.2) is 24.3 Å². The van der Waals surface area contributed by atoms with Gasteiger partial charge in [-0.05, 0) is 24.1 Å². The smallest absolute Gasteiger partial charge is 0.220 e. The summed E-state index contributed by atoms with van der Waals surface area (Å²) < 4.78 is 33.1. The fourth-order valence-electron chi connectivity index (χ4n) is 3.78. The second kappa shape index (κ2) is 4.67. The van der Waals surface area contributed by atoms with Crippen molar-refractivity contribution in [3.8, 4) is 0 Å². The van der Waals surface area contributed by atoms with Gasteiger partial charge in [-0.15, -0.1) is 0 Å². The highest BCUT2D eigenvalue weighted by atomic mass is 35.5. The number of sulfonamides is 1. The number of nitrogens with zero attached hydrogens (tertiary/aromatic N) is 1. The molecule has 3 aliphatic rings. The van der Waals surface area contributed by atoms with Crippen molar-refractivity contribution in [1.29, 1.82) is 0 Å². The maximum absolute atomic E-state index is 12.8. The van der Waals surface area contributed by atoms with Gasteiger partial charge in [0, 0.05) is 31.2 Å². The van der Waals surface area contributed by atoms with Crippen LogP contribution >= 0.6 is 11.6 Å². The summed E-state index contributed by atoms with van der Waals surface area (Å²) in [5.41, 5.74) is 0.336. The van der Waals surface area contributed by atoms with Gasteiger partial charge in [-0.3, -0.25) is 0 Å². The van der Waals surface area contributed by atoms with Gasteiger partial charge in [0.1, 0.15) is 10.9 Å². The summed E-state index contributed by atoms with van der Waals surface area (Å²) in [4.78, 5) is 0. The average molecular weight is 329 g/mol. The third-order valence-electron chi connectivity index (χ3n) is 4.67. The fraction of sp³-hybridized carbons (Fsp3) is 0.571. The van der Waals surface area contributed by atoms with E-state index in [2.05, 4.69) is 5.32 Å². The lowest BCUT2D eigenvalue weighted by Crippen LogP contribution is -2.53. The fourth-order valence-corrected chi connectivity index (χ4v) is 6.29. The lowest BCUT2D eigenvalue weighted by molar-refractivity contribution is -0.0634. The molecular weight excluding hydrogens is 312 g/mol. The third-order valence-corrected chi connectivity index (χ3v) is 7.23. The molecule has 0 aliphatic carbocycles. The molecule has 7 heteroatoms. The van der Waals surface area contributed by atoms with E-state index < -0.39 is 20.9 Å². The standard InChI is InChI=1S/C14H17ClN2O3S/c15-11-3-1-2-10(4-11)7-17-9-14-8-16-6-12(20-14)5-13(14)21(17,18)19/h1-4,12-13,16H,5-9H2/t12-,13+,14+/m1/s1. The van der Waals surface area contributed by atoms with Crippen molar-refractivity contribution in [2.45, 2.75) is 29.9 Å². The van der Waals surface area contributed by atoms with Gasteiger partial charge in [-0.2, -0.15) is 4.31 Å². The molecule has 1 spiro atoms. The maximum Gasteiger partial charge on any atom is 0.220 e. The van der Waals surface area contributed by atoms with Crippen molar-refractivity contribution >= 4 is 21.6 Å². The third kappa shape index (κ3) is 2.12. The zero-order valence-electron chi connectivity index (χ0n) is 11.5. The summed E-state index contributed by atoms with van der Waals surface area (Å²) in [6.07, 6.45) is 0.633. The first-order chi connectivity index (χ1) is 9.99. The number of halogens is 1. The minimum atomic E-state index is -3.31. The molecule has 1 aromatic carbocycles. The van der Waals surface area contributed by atoms with Crippen LogP contribution in [0.1, 0.15) is 12.0 Å². The van der Waals surface area contributed by atoms with Gasteiger partial charge in [-0.1, -0.05) is 23.7 Å². The van der Waals surface area contributed by atoms with E-state index in [4.69, 9.17) is 16.3 Å². The van der Waals surface area contributed by atoms with E-state index in [-0.39, 0.29) is 6.10 Å². The molecular formula is C14H17ClN2O3S. The number of morpholine rings is 1. The maximum atomic E-state index is 12.8. The van der Waals surface area contributed by atoms with E-state index in [9.17, 15) is 8.42 Å². The highest BCUT2D eigenvalue weighted by Gasteiger charge is 2.63. The van der Waals surface area contributed by atoms with Crippen LogP contribution in [0.4, 0.5) is 0 Å². The summed E-state index contributed by atoms with van der Waals surface area (Å²) in [5, 5.41) is 3.51. The monoisotopic (exact) mass is 328 g/mol. The number of hydrogen-bond donors (Lipinski definition) is 1. The van der Waals surface area contributed by atoms with Crippen molar-refractivity contribution in [1.82, 2.24) is 9.62 Å². The highest BCUT2D eigenvalue weighted by molar-refractivity contribution is 7.90. The molecule has 3 atom stereocenters. The molecule has 0 unspecified atom stereocenters. The molecule has 0 saturated carbocycles. The zero-order valence-corrected chi connectivity index (χ0v) is 13.0. The van der Waals surface area contributed by atoms with Crippen LogP contribution < -0.4 is 5.32 Å². The van der Waals surface area contributed by atoms with Crippen LogP contribution in [-0.2, 0) is 21.3 Å². The van der Waals surface area contributed by atoms with Crippen LogP contribution in [0.3, 0.4) is 0 Å². The molecule has 4 rings (SSSR count). The van der Waals surface area contributed by atoms with Crippen molar-refractivity contribution in [3.63, 3.8) is 0 Å². The van der Waals surface area contributed by atoms with Gasteiger partial charge in [0.05, 0.1) is 6.10 Å². The molecule has 0 amide bonds. The van der Waals surface area contributed by atoms with Gasteiger partial charge < -0.3 is 10.1 Å². The largest absolute Gasteiger partial charge is 0.366 e. The topological polar surface area (TPSA) is 58.6 Å². The molecule has 2 bridgehead atoms. The van der Waals surface area contributed by atoms with E-state index in [1.54, 1.807) is 10.4 Å². The number of fused-ring (bicyclic) bond motifs is 1. The molecule has 3 fully saturated rings. The summed E-state index contributed by atoms with van der Waals surface area (Å²) in [6.45, 7) is 2.15. The Hall–Kier alpha value is -0.660. The van der Waals surface area contributed by atoms with Crippen molar-refractivity contribution in [3.05, 3.63) is 34.9 Å². The van der Waals surface area contributed by atoms with Crippen LogP contribution in [0.5, 0.6) is 0 Å². The van der Waals surface area contributed by atoms with Gasteiger partial charge in [0.25, 0.3) is 0 Å². The van der Waals surface area contributed by atoms with Gasteiger partial charge in [-0.25, -0.2) is 8.42 Å². The normalized spacial score (nSPS) is 37.6. The molecule has 1 aromatic rings. The predicted molar refractivity (Wildman–Crippen MR) is 79.7 cm³/mol. The summed E-state index contributed by atoms with van der Waals surface area (Å²) in [7, 11) is -3.31. The molecule has 5 nitrogen and oxygen atoms in total. The van der Waals surface area contributed by atoms with E-state index in [1.807, 2.05) is 18.2 Å². The quantitative estimate of drug-likeness (QED) is 0.879. The molecule has 3 heterocycles. The molecule has 0 radical (unpaired) electrons. The summed E-state index contributed by atoms with van der Waals surface area (Å²) >= 11 is 5.98. The van der Waals surface area contributed by atoms with E-state index in [0.29, 0.717) is 31.1 Å². The van der Waals surface area contributed by atoms with Crippen LogP contribution in [0.25, 0.3) is 0 Å². The predicted octanol–water partition coefficient (Wildman–Crippen LogP) is 0.985. The Labute approximate surface area is 129 Å². The Morgan fingerprint density at radius 3 is 3.14 bits per heavy atom. The van der Waals surface area contributed by atoms with Crippen LogP contribution in [-0.4, -0.2) is 49.3 Å². The number of rotatable bonds is 2. The Morgan fingerprint density at radius 2 is 2.33 bits per heavy atom. The Balaban J connectivity index is 1.63. The van der Waals surface area contributed by atoms with E-state index >= 15 is 0 Å². The first kappa shape index (κ1) is 14.0. The Kier molecular flexibility index (Phi) is 3.10. The first-order valence-corrected chi connectivity index (χ1v) is 9.00. The second-order valence-corrected chi connectivity index (χ2v) is 8.65. The van der Waals surface area contributed by atoms with Gasteiger partial charge in [0.2, 0.25) is 10.0 Å². The first-order valence-electron chi connectivity index (χ1n) is 7.12. The molecule has 1 N–H and O–H groups in total. The number of ether oxygens (including phenoxy) is 1. The Morgan fingerprint density at radius 1 is 1.48 bits per heavy atom. The molecule has 21 heavy (non-hydrogen) atoms. The number of nitrogens with one attached hydrogen (secondary N) is 1. The van der Waals surface area contributed by atoms with Crippen molar-refractivity contribution < 1.29 is 13.2 Å². The zero-order chi connectivity index (χ0) is 14.7. The van der Waals surface area contributed by atoms with Crippen LogP contribution in [0.2, 0.25) is 5.02 Å². The van der Waals surface area contributed by atoms with E-state index in [0.717, 1.165) is 12.1 Å². The SMILES string of the molecule is O=S1(=O)[C@H]2C[C@@H]3CNC[C@@]2(CN1Cc1cccc(Cl)c1)O3. The van der Waals surface area contributed by atoms with Crippen molar-refractivity contribution in [2.75, 3.05) is 19.6 Å².